The van der Waals surface area contributed by atoms with Crippen molar-refractivity contribution in [1.29, 1.82) is 0 Å². The van der Waals surface area contributed by atoms with E-state index in [9.17, 15) is 4.79 Å². The van der Waals surface area contributed by atoms with E-state index in [0.29, 0.717) is 11.3 Å². The molecule has 0 aliphatic heterocycles. The van der Waals surface area contributed by atoms with Crippen LogP contribution in [0.25, 0.3) is 0 Å². The van der Waals surface area contributed by atoms with Crippen LogP contribution in [0, 0.1) is 0 Å². The van der Waals surface area contributed by atoms with Gasteiger partial charge in [-0.3, -0.25) is 9.78 Å². The first kappa shape index (κ1) is 13.5. The summed E-state index contributed by atoms with van der Waals surface area (Å²) < 4.78 is 0.765. The molecule has 0 fully saturated rings. The van der Waals surface area contributed by atoms with Gasteiger partial charge in [-0.05, 0) is 34.1 Å². The third-order valence-corrected chi connectivity index (χ3v) is 2.86. The van der Waals surface area contributed by atoms with Crippen molar-refractivity contribution in [3.8, 4) is 0 Å². The lowest BCUT2D eigenvalue weighted by atomic mass is 10.2. The minimum absolute atomic E-state index is 0.215. The quantitative estimate of drug-likeness (QED) is 0.944. The molecule has 1 amide bonds. The Kier molecular flexibility index (Phi) is 4.11. The maximum absolute atomic E-state index is 12.0. The summed E-state index contributed by atoms with van der Waals surface area (Å²) >= 11 is 3.28. The van der Waals surface area contributed by atoms with E-state index in [1.165, 1.54) is 6.20 Å². The van der Waals surface area contributed by atoms with Gasteiger partial charge < -0.3 is 10.2 Å². The van der Waals surface area contributed by atoms with Crippen LogP contribution in [0.5, 0.6) is 0 Å². The Labute approximate surface area is 119 Å². The molecule has 0 aliphatic rings. The normalized spacial score (nSPS) is 10.1. The van der Waals surface area contributed by atoms with Crippen LogP contribution in [0.2, 0.25) is 0 Å². The number of rotatable bonds is 3. The van der Waals surface area contributed by atoms with Crippen molar-refractivity contribution in [3.05, 3.63) is 46.8 Å². The number of amides is 1. The highest BCUT2D eigenvalue weighted by Crippen LogP contribution is 2.14. The SMILES string of the molecule is CN(C)c1ccc(NC(=O)c2cncc(Br)c2)cn1. The zero-order valence-corrected chi connectivity index (χ0v) is 12.2. The van der Waals surface area contributed by atoms with Crippen LogP contribution >= 0.6 is 15.9 Å². The Balaban J connectivity index is 2.10. The molecule has 2 rings (SSSR count). The standard InChI is InChI=1S/C13H13BrN4O/c1-18(2)12-4-3-11(8-16-12)17-13(19)9-5-10(14)7-15-6-9/h3-8H,1-2H3,(H,17,19). The summed E-state index contributed by atoms with van der Waals surface area (Å²) in [5, 5.41) is 2.77. The first-order valence-corrected chi connectivity index (χ1v) is 6.41. The fraction of sp³-hybridized carbons (Fsp3) is 0.154. The van der Waals surface area contributed by atoms with Gasteiger partial charge in [0.05, 0.1) is 17.4 Å². The first-order valence-electron chi connectivity index (χ1n) is 5.61. The third-order valence-electron chi connectivity index (χ3n) is 2.43. The molecule has 0 bridgehead atoms. The summed E-state index contributed by atoms with van der Waals surface area (Å²) in [5.74, 6) is 0.621. The largest absolute Gasteiger partial charge is 0.363 e. The number of pyridine rings is 2. The molecule has 6 heteroatoms. The van der Waals surface area contributed by atoms with Gasteiger partial charge in [-0.25, -0.2) is 4.98 Å². The van der Waals surface area contributed by atoms with Crippen LogP contribution in [0.4, 0.5) is 11.5 Å². The van der Waals surface area contributed by atoms with E-state index in [4.69, 9.17) is 0 Å². The number of hydrogen-bond acceptors (Lipinski definition) is 4. The molecule has 0 saturated heterocycles. The fourth-order valence-electron chi connectivity index (χ4n) is 1.46. The maximum atomic E-state index is 12.0. The summed E-state index contributed by atoms with van der Waals surface area (Å²) in [6, 6.07) is 5.37. The van der Waals surface area contributed by atoms with Crippen LogP contribution in [-0.2, 0) is 0 Å². The third kappa shape index (κ3) is 3.51. The topological polar surface area (TPSA) is 58.1 Å². The van der Waals surface area contributed by atoms with E-state index < -0.39 is 0 Å². The summed E-state index contributed by atoms with van der Waals surface area (Å²) in [6.45, 7) is 0. The van der Waals surface area contributed by atoms with Gasteiger partial charge in [0.25, 0.3) is 5.91 Å². The van der Waals surface area contributed by atoms with Gasteiger partial charge in [-0.15, -0.1) is 0 Å². The number of halogens is 1. The zero-order valence-electron chi connectivity index (χ0n) is 10.6. The molecule has 0 radical (unpaired) electrons. The van der Waals surface area contributed by atoms with E-state index >= 15 is 0 Å². The predicted molar refractivity (Wildman–Crippen MR) is 78.5 cm³/mol. The van der Waals surface area contributed by atoms with Crippen molar-refractivity contribution in [2.45, 2.75) is 0 Å². The van der Waals surface area contributed by atoms with Gasteiger partial charge >= 0.3 is 0 Å². The minimum atomic E-state index is -0.215. The Morgan fingerprint density at radius 3 is 2.63 bits per heavy atom. The monoisotopic (exact) mass is 320 g/mol. The molecular weight excluding hydrogens is 308 g/mol. The second-order valence-electron chi connectivity index (χ2n) is 4.15. The zero-order chi connectivity index (χ0) is 13.8. The molecule has 0 unspecified atom stereocenters. The average Bonchev–Trinajstić information content (AvgIpc) is 2.39. The molecule has 98 valence electrons. The van der Waals surface area contributed by atoms with Crippen molar-refractivity contribution in [2.75, 3.05) is 24.3 Å². The van der Waals surface area contributed by atoms with Crippen LogP contribution < -0.4 is 10.2 Å². The Morgan fingerprint density at radius 2 is 2.05 bits per heavy atom. The van der Waals surface area contributed by atoms with Crippen LogP contribution in [0.1, 0.15) is 10.4 Å². The van der Waals surface area contributed by atoms with Crippen molar-refractivity contribution < 1.29 is 4.79 Å². The number of anilines is 2. The number of nitrogens with one attached hydrogen (secondary N) is 1. The number of nitrogens with zero attached hydrogens (tertiary/aromatic N) is 3. The molecular formula is C13H13BrN4O. The number of carbonyl (C=O) groups excluding carboxylic acids is 1. The fourth-order valence-corrected chi connectivity index (χ4v) is 1.83. The molecule has 0 saturated carbocycles. The van der Waals surface area contributed by atoms with Gasteiger partial charge in [-0.1, -0.05) is 0 Å². The first-order chi connectivity index (χ1) is 9.06. The van der Waals surface area contributed by atoms with Crippen LogP contribution in [0.15, 0.2) is 41.3 Å². The molecule has 0 aliphatic carbocycles. The lowest BCUT2D eigenvalue weighted by Gasteiger charge is -2.11. The van der Waals surface area contributed by atoms with Gasteiger partial charge in [-0.2, -0.15) is 0 Å². The summed E-state index contributed by atoms with van der Waals surface area (Å²) in [6.07, 6.45) is 4.77. The number of hydrogen-bond donors (Lipinski definition) is 1. The van der Waals surface area contributed by atoms with E-state index in [0.717, 1.165) is 10.3 Å². The van der Waals surface area contributed by atoms with Gasteiger partial charge in [0.2, 0.25) is 0 Å². The highest BCUT2D eigenvalue weighted by molar-refractivity contribution is 9.10. The smallest absolute Gasteiger partial charge is 0.257 e. The molecule has 0 aromatic carbocycles. The van der Waals surface area contributed by atoms with E-state index in [1.807, 2.05) is 31.1 Å². The Morgan fingerprint density at radius 1 is 1.26 bits per heavy atom. The number of carbonyl (C=O) groups is 1. The highest BCUT2D eigenvalue weighted by atomic mass is 79.9. The molecule has 0 atom stereocenters. The summed E-state index contributed by atoms with van der Waals surface area (Å²) in [7, 11) is 3.82. The van der Waals surface area contributed by atoms with E-state index in [2.05, 4.69) is 31.2 Å². The molecule has 0 spiro atoms. The lowest BCUT2D eigenvalue weighted by molar-refractivity contribution is 0.102. The van der Waals surface area contributed by atoms with Crippen molar-refractivity contribution in [2.24, 2.45) is 0 Å². The molecule has 1 N–H and O–H groups in total. The average molecular weight is 321 g/mol. The predicted octanol–water partition coefficient (Wildman–Crippen LogP) is 2.56. The molecule has 2 heterocycles. The molecule has 2 aromatic heterocycles. The Bertz CT molecular complexity index is 583. The summed E-state index contributed by atoms with van der Waals surface area (Å²) in [4.78, 5) is 22.1. The highest BCUT2D eigenvalue weighted by Gasteiger charge is 2.07. The van der Waals surface area contributed by atoms with Crippen molar-refractivity contribution >= 4 is 33.3 Å². The molecule has 19 heavy (non-hydrogen) atoms. The van der Waals surface area contributed by atoms with E-state index in [-0.39, 0.29) is 5.91 Å². The lowest BCUT2D eigenvalue weighted by Crippen LogP contribution is -2.14. The summed E-state index contributed by atoms with van der Waals surface area (Å²) in [5.41, 5.74) is 1.14. The van der Waals surface area contributed by atoms with Gasteiger partial charge in [0, 0.05) is 31.0 Å². The van der Waals surface area contributed by atoms with Crippen molar-refractivity contribution in [1.82, 2.24) is 9.97 Å². The second-order valence-corrected chi connectivity index (χ2v) is 5.06. The van der Waals surface area contributed by atoms with E-state index in [1.54, 1.807) is 18.5 Å². The van der Waals surface area contributed by atoms with Crippen LogP contribution in [0.3, 0.4) is 0 Å². The van der Waals surface area contributed by atoms with Gasteiger partial charge in [0.1, 0.15) is 5.82 Å². The molecule has 5 nitrogen and oxygen atoms in total. The Hall–Kier alpha value is -1.95. The van der Waals surface area contributed by atoms with Gasteiger partial charge in [0.15, 0.2) is 0 Å². The molecule has 2 aromatic rings. The maximum Gasteiger partial charge on any atom is 0.257 e. The van der Waals surface area contributed by atoms with Crippen molar-refractivity contribution in [3.63, 3.8) is 0 Å². The minimum Gasteiger partial charge on any atom is -0.363 e. The number of aromatic nitrogens is 2. The second kappa shape index (κ2) is 5.79. The van der Waals surface area contributed by atoms with Crippen LogP contribution in [-0.4, -0.2) is 30.0 Å².